The van der Waals surface area contributed by atoms with Crippen LogP contribution in [0.3, 0.4) is 0 Å². The molecule has 1 aliphatic heterocycles. The van der Waals surface area contributed by atoms with Crippen molar-refractivity contribution < 1.29 is 28.2 Å². The molecule has 0 atom stereocenters. The van der Waals surface area contributed by atoms with Crippen LogP contribution in [0, 0.1) is 17.6 Å². The SMILES string of the molecule is CC(C)CN(c1ccc(SC(C)(C)C(=O)O)cc1NC(=O)Cc1ccc(F)cc1F)C1CCOCC1. The highest BCUT2D eigenvalue weighted by atomic mass is 32.2. The Morgan fingerprint density at radius 1 is 1.17 bits per heavy atom. The number of nitrogens with one attached hydrogen (secondary N) is 1. The summed E-state index contributed by atoms with van der Waals surface area (Å²) in [6.07, 6.45) is 1.44. The van der Waals surface area contributed by atoms with E-state index in [0.717, 1.165) is 37.2 Å². The Morgan fingerprint density at radius 3 is 2.47 bits per heavy atom. The van der Waals surface area contributed by atoms with Gasteiger partial charge in [0.2, 0.25) is 5.91 Å². The summed E-state index contributed by atoms with van der Waals surface area (Å²) in [6, 6.07) is 8.92. The van der Waals surface area contributed by atoms with Gasteiger partial charge in [-0.25, -0.2) is 8.78 Å². The maximum absolute atomic E-state index is 14.2. The van der Waals surface area contributed by atoms with Gasteiger partial charge in [-0.15, -0.1) is 11.8 Å². The Bertz CT molecular complexity index is 1090. The second-order valence-corrected chi connectivity index (χ2v) is 11.6. The van der Waals surface area contributed by atoms with Crippen LogP contribution in [0.5, 0.6) is 0 Å². The predicted octanol–water partition coefficient (Wildman–Crippen LogP) is 5.74. The highest BCUT2D eigenvalue weighted by Crippen LogP contribution is 2.39. The Morgan fingerprint density at radius 2 is 1.86 bits per heavy atom. The van der Waals surface area contributed by atoms with Crippen molar-refractivity contribution in [3.63, 3.8) is 0 Å². The number of nitrogens with zero attached hydrogens (tertiary/aromatic N) is 1. The quantitative estimate of drug-likeness (QED) is 0.389. The van der Waals surface area contributed by atoms with E-state index in [2.05, 4.69) is 24.1 Å². The van der Waals surface area contributed by atoms with Gasteiger partial charge in [0.05, 0.1) is 17.8 Å². The smallest absolute Gasteiger partial charge is 0.319 e. The van der Waals surface area contributed by atoms with E-state index in [9.17, 15) is 23.5 Å². The number of halogens is 2. The van der Waals surface area contributed by atoms with Crippen molar-refractivity contribution in [1.82, 2.24) is 0 Å². The number of carbonyl (C=O) groups is 2. The van der Waals surface area contributed by atoms with Gasteiger partial charge in [0.25, 0.3) is 0 Å². The molecule has 6 nitrogen and oxygen atoms in total. The van der Waals surface area contributed by atoms with Crippen LogP contribution in [0.25, 0.3) is 0 Å². The molecule has 1 saturated heterocycles. The first-order valence-corrected chi connectivity index (χ1v) is 12.9. The lowest BCUT2D eigenvalue weighted by Gasteiger charge is -2.38. The first kappa shape index (κ1) is 27.9. The van der Waals surface area contributed by atoms with E-state index < -0.39 is 28.3 Å². The molecule has 2 aromatic carbocycles. The average molecular weight is 521 g/mol. The molecular formula is C27H34F2N2O4S. The van der Waals surface area contributed by atoms with E-state index in [1.54, 1.807) is 19.9 Å². The van der Waals surface area contributed by atoms with Gasteiger partial charge in [0, 0.05) is 36.8 Å². The van der Waals surface area contributed by atoms with Gasteiger partial charge in [-0.05, 0) is 62.4 Å². The molecule has 0 unspecified atom stereocenters. The van der Waals surface area contributed by atoms with Crippen molar-refractivity contribution in [2.45, 2.75) is 62.6 Å². The van der Waals surface area contributed by atoms with Gasteiger partial charge < -0.3 is 20.1 Å². The molecule has 2 aromatic rings. The topological polar surface area (TPSA) is 78.9 Å². The zero-order chi connectivity index (χ0) is 26.5. The van der Waals surface area contributed by atoms with Crippen LogP contribution in [0.1, 0.15) is 46.1 Å². The molecular weight excluding hydrogens is 486 g/mol. The monoisotopic (exact) mass is 520 g/mol. The second kappa shape index (κ2) is 12.1. The van der Waals surface area contributed by atoms with Crippen LogP contribution in [0.4, 0.5) is 20.2 Å². The number of aliphatic carboxylic acids is 1. The summed E-state index contributed by atoms with van der Waals surface area (Å²) < 4.78 is 31.9. The molecule has 1 amide bonds. The molecule has 3 rings (SSSR count). The van der Waals surface area contributed by atoms with Gasteiger partial charge in [0.15, 0.2) is 0 Å². The van der Waals surface area contributed by atoms with Gasteiger partial charge in [0.1, 0.15) is 16.4 Å². The molecule has 0 aromatic heterocycles. The minimum Gasteiger partial charge on any atom is -0.480 e. The highest BCUT2D eigenvalue weighted by molar-refractivity contribution is 8.01. The number of rotatable bonds is 10. The molecule has 196 valence electrons. The fourth-order valence-corrected chi connectivity index (χ4v) is 5.12. The number of benzene rings is 2. The maximum Gasteiger partial charge on any atom is 0.319 e. The molecule has 0 saturated carbocycles. The minimum atomic E-state index is -1.07. The number of carboxylic acid groups (broad SMARTS) is 1. The van der Waals surface area contributed by atoms with Gasteiger partial charge >= 0.3 is 5.97 Å². The third kappa shape index (κ3) is 7.43. The van der Waals surface area contributed by atoms with Crippen molar-refractivity contribution in [2.24, 2.45) is 5.92 Å². The van der Waals surface area contributed by atoms with Gasteiger partial charge in [-0.2, -0.15) is 0 Å². The lowest BCUT2D eigenvalue weighted by Crippen LogP contribution is -2.42. The van der Waals surface area contributed by atoms with Crippen molar-refractivity contribution in [2.75, 3.05) is 30.0 Å². The number of carbonyl (C=O) groups excluding carboxylic acids is 1. The maximum atomic E-state index is 14.2. The Balaban J connectivity index is 1.96. The lowest BCUT2D eigenvalue weighted by molar-refractivity contribution is -0.138. The molecule has 1 aliphatic rings. The normalized spacial score (nSPS) is 14.6. The van der Waals surface area contributed by atoms with E-state index in [-0.39, 0.29) is 18.0 Å². The standard InChI is InChI=1S/C27H34F2N2O4S/c1-17(2)16-31(20-9-11-35-12-10-20)24-8-7-21(36-27(3,4)26(33)34)15-23(24)30-25(32)13-18-5-6-19(28)14-22(18)29/h5-8,14-15,17,20H,9-13,16H2,1-4H3,(H,30,32)(H,33,34). The van der Waals surface area contributed by atoms with Crippen LogP contribution in [-0.2, 0) is 20.7 Å². The largest absolute Gasteiger partial charge is 0.480 e. The summed E-state index contributed by atoms with van der Waals surface area (Å²) in [5.41, 5.74) is 1.44. The van der Waals surface area contributed by atoms with Crippen molar-refractivity contribution in [3.05, 3.63) is 53.6 Å². The molecule has 0 aliphatic carbocycles. The van der Waals surface area contributed by atoms with Crippen molar-refractivity contribution in [3.8, 4) is 0 Å². The van der Waals surface area contributed by atoms with E-state index in [4.69, 9.17) is 4.74 Å². The third-order valence-corrected chi connectivity index (χ3v) is 7.17. The number of carboxylic acids is 1. The fraction of sp³-hybridized carbons (Fsp3) is 0.481. The minimum absolute atomic E-state index is 0.0939. The summed E-state index contributed by atoms with van der Waals surface area (Å²) in [6.45, 7) is 9.57. The lowest BCUT2D eigenvalue weighted by atomic mass is 10.0. The third-order valence-electron chi connectivity index (χ3n) is 6.00. The van der Waals surface area contributed by atoms with E-state index in [0.29, 0.717) is 29.7 Å². The second-order valence-electron chi connectivity index (χ2n) is 9.95. The number of ether oxygens (including phenoxy) is 1. The zero-order valence-electron chi connectivity index (χ0n) is 21.1. The first-order chi connectivity index (χ1) is 17.0. The van der Waals surface area contributed by atoms with Crippen molar-refractivity contribution >= 4 is 35.0 Å². The van der Waals surface area contributed by atoms with Crippen LogP contribution in [0.15, 0.2) is 41.3 Å². The summed E-state index contributed by atoms with van der Waals surface area (Å²) in [5.74, 6) is -2.52. The molecule has 1 fully saturated rings. The summed E-state index contributed by atoms with van der Waals surface area (Å²) >= 11 is 1.18. The van der Waals surface area contributed by atoms with Crippen LogP contribution in [-0.4, -0.2) is 47.5 Å². The van der Waals surface area contributed by atoms with Crippen LogP contribution in [0.2, 0.25) is 0 Å². The van der Waals surface area contributed by atoms with E-state index in [1.165, 1.54) is 17.8 Å². The number of amides is 1. The molecule has 0 radical (unpaired) electrons. The summed E-state index contributed by atoms with van der Waals surface area (Å²) in [4.78, 5) is 27.6. The number of hydrogen-bond acceptors (Lipinski definition) is 5. The van der Waals surface area contributed by atoms with Gasteiger partial charge in [-0.1, -0.05) is 19.9 Å². The Kier molecular flexibility index (Phi) is 9.35. The average Bonchev–Trinajstić information content (AvgIpc) is 2.80. The molecule has 1 heterocycles. The molecule has 0 bridgehead atoms. The summed E-state index contributed by atoms with van der Waals surface area (Å²) in [5, 5.41) is 12.5. The molecule has 2 N–H and O–H groups in total. The molecule has 9 heteroatoms. The Hall–Kier alpha value is -2.65. The number of hydrogen-bond donors (Lipinski definition) is 2. The zero-order valence-corrected chi connectivity index (χ0v) is 22.0. The predicted molar refractivity (Wildman–Crippen MR) is 139 cm³/mol. The van der Waals surface area contributed by atoms with E-state index in [1.807, 2.05) is 12.1 Å². The highest BCUT2D eigenvalue weighted by Gasteiger charge is 2.30. The fourth-order valence-electron chi connectivity index (χ4n) is 4.13. The summed E-state index contributed by atoms with van der Waals surface area (Å²) in [7, 11) is 0. The van der Waals surface area contributed by atoms with Crippen molar-refractivity contribution in [1.29, 1.82) is 0 Å². The number of thioether (sulfide) groups is 1. The van der Waals surface area contributed by atoms with Crippen LogP contribution >= 0.6 is 11.8 Å². The Labute approximate surface area is 215 Å². The van der Waals surface area contributed by atoms with Gasteiger partial charge in [-0.3, -0.25) is 9.59 Å². The molecule has 0 spiro atoms. The van der Waals surface area contributed by atoms with Crippen LogP contribution < -0.4 is 10.2 Å². The first-order valence-electron chi connectivity index (χ1n) is 12.1. The van der Waals surface area contributed by atoms with E-state index >= 15 is 0 Å². The number of anilines is 2. The molecule has 36 heavy (non-hydrogen) atoms.